The van der Waals surface area contributed by atoms with Gasteiger partial charge in [-0.15, -0.1) is 4.40 Å². The Hall–Kier alpha value is -2.14. The van der Waals surface area contributed by atoms with Gasteiger partial charge in [0, 0.05) is 5.56 Å². The average Bonchev–Trinajstić information content (AvgIpc) is 2.48. The minimum Gasteiger partial charge on any atom is -0.477 e. The van der Waals surface area contributed by atoms with Crippen molar-refractivity contribution < 1.29 is 13.2 Å². The van der Waals surface area contributed by atoms with Gasteiger partial charge in [0.25, 0.3) is 10.0 Å². The molecule has 0 spiro atoms. The van der Waals surface area contributed by atoms with E-state index in [4.69, 9.17) is 4.74 Å². The topological polar surface area (TPSA) is 55.7 Å². The summed E-state index contributed by atoms with van der Waals surface area (Å²) in [6.07, 6.45) is 0. The first-order chi connectivity index (χ1) is 10.0. The molecule has 0 heterocycles. The van der Waals surface area contributed by atoms with E-state index in [-0.39, 0.29) is 10.8 Å². The standard InChI is InChI=1S/C16H17NO3S/c1-3-20-16(14-7-5-4-6-8-14)17-21(18,19)15-11-9-13(2)10-12-15/h4-12H,3H2,1-2H3. The Balaban J connectivity index is 2.44. The molecule has 2 aromatic carbocycles. The molecule has 0 amide bonds. The molecule has 0 radical (unpaired) electrons. The summed E-state index contributed by atoms with van der Waals surface area (Å²) in [4.78, 5) is 0.154. The lowest BCUT2D eigenvalue weighted by atomic mass is 10.2. The van der Waals surface area contributed by atoms with Crippen molar-refractivity contribution in [2.24, 2.45) is 4.40 Å². The first-order valence-electron chi connectivity index (χ1n) is 6.63. The molecule has 0 saturated carbocycles. The predicted molar refractivity (Wildman–Crippen MR) is 83.0 cm³/mol. The molecule has 0 unspecified atom stereocenters. The second kappa shape index (κ2) is 6.54. The predicted octanol–water partition coefficient (Wildman–Crippen LogP) is 3.17. The van der Waals surface area contributed by atoms with E-state index in [1.807, 2.05) is 25.1 Å². The normalized spacial score (nSPS) is 12.2. The van der Waals surface area contributed by atoms with Gasteiger partial charge >= 0.3 is 0 Å². The van der Waals surface area contributed by atoms with Crippen LogP contribution in [0.4, 0.5) is 0 Å². The fourth-order valence-electron chi connectivity index (χ4n) is 1.75. The highest BCUT2D eigenvalue weighted by atomic mass is 32.2. The quantitative estimate of drug-likeness (QED) is 0.644. The molecule has 0 saturated heterocycles. The zero-order chi connectivity index (χ0) is 15.3. The molecule has 0 N–H and O–H groups in total. The maximum Gasteiger partial charge on any atom is 0.285 e. The van der Waals surface area contributed by atoms with Crippen LogP contribution in [0.25, 0.3) is 0 Å². The fraction of sp³-hybridized carbons (Fsp3) is 0.188. The number of ether oxygens (including phenoxy) is 1. The van der Waals surface area contributed by atoms with Gasteiger partial charge in [0.15, 0.2) is 0 Å². The molecule has 0 atom stereocenters. The lowest BCUT2D eigenvalue weighted by Crippen LogP contribution is -2.10. The van der Waals surface area contributed by atoms with E-state index in [0.29, 0.717) is 12.2 Å². The third kappa shape index (κ3) is 3.92. The van der Waals surface area contributed by atoms with Gasteiger partial charge in [-0.25, -0.2) is 0 Å². The summed E-state index contributed by atoms with van der Waals surface area (Å²) in [5, 5.41) is 0. The van der Waals surface area contributed by atoms with Gasteiger partial charge in [0.2, 0.25) is 5.90 Å². The molecule has 2 aromatic rings. The van der Waals surface area contributed by atoms with Crippen LogP contribution in [0.1, 0.15) is 18.1 Å². The van der Waals surface area contributed by atoms with E-state index >= 15 is 0 Å². The number of rotatable bonds is 4. The Morgan fingerprint density at radius 2 is 1.67 bits per heavy atom. The molecule has 0 aromatic heterocycles. The van der Waals surface area contributed by atoms with E-state index in [0.717, 1.165) is 5.56 Å². The second-order valence-electron chi connectivity index (χ2n) is 4.48. The van der Waals surface area contributed by atoms with Crippen molar-refractivity contribution in [1.82, 2.24) is 0 Å². The van der Waals surface area contributed by atoms with E-state index in [9.17, 15) is 8.42 Å². The van der Waals surface area contributed by atoms with Crippen LogP contribution < -0.4 is 0 Å². The van der Waals surface area contributed by atoms with E-state index in [1.165, 1.54) is 0 Å². The number of sulfonamides is 1. The molecule has 0 aliphatic rings. The highest BCUT2D eigenvalue weighted by Gasteiger charge is 2.16. The van der Waals surface area contributed by atoms with Crippen LogP contribution in [0, 0.1) is 6.92 Å². The smallest absolute Gasteiger partial charge is 0.285 e. The first kappa shape index (κ1) is 15.3. The van der Waals surface area contributed by atoms with Crippen molar-refractivity contribution in [3.05, 3.63) is 65.7 Å². The molecule has 2 rings (SSSR count). The highest BCUT2D eigenvalue weighted by molar-refractivity contribution is 7.90. The maximum absolute atomic E-state index is 12.3. The Labute approximate surface area is 125 Å². The number of aryl methyl sites for hydroxylation is 1. The zero-order valence-electron chi connectivity index (χ0n) is 12.0. The SMILES string of the molecule is CCOC(=NS(=O)(=O)c1ccc(C)cc1)c1ccccc1. The lowest BCUT2D eigenvalue weighted by Gasteiger charge is -2.08. The Kier molecular flexibility index (Phi) is 4.75. The fourth-order valence-corrected chi connectivity index (χ4v) is 2.71. The number of hydrogen-bond acceptors (Lipinski definition) is 3. The van der Waals surface area contributed by atoms with Crippen LogP contribution in [0.2, 0.25) is 0 Å². The number of benzene rings is 2. The van der Waals surface area contributed by atoms with Gasteiger partial charge in [-0.05, 0) is 38.1 Å². The monoisotopic (exact) mass is 303 g/mol. The van der Waals surface area contributed by atoms with E-state index in [2.05, 4.69) is 4.40 Å². The summed E-state index contributed by atoms with van der Waals surface area (Å²) in [5.41, 5.74) is 1.63. The van der Waals surface area contributed by atoms with Gasteiger partial charge in [-0.2, -0.15) is 8.42 Å². The molecule has 110 valence electrons. The van der Waals surface area contributed by atoms with Crippen LogP contribution in [0.3, 0.4) is 0 Å². The number of nitrogens with zero attached hydrogens (tertiary/aromatic N) is 1. The van der Waals surface area contributed by atoms with Crippen molar-refractivity contribution in [2.75, 3.05) is 6.61 Å². The third-order valence-electron chi connectivity index (χ3n) is 2.82. The molecule has 0 aliphatic carbocycles. The summed E-state index contributed by atoms with van der Waals surface area (Å²) >= 11 is 0. The van der Waals surface area contributed by atoms with E-state index < -0.39 is 10.0 Å². The average molecular weight is 303 g/mol. The molecule has 5 heteroatoms. The van der Waals surface area contributed by atoms with Crippen molar-refractivity contribution in [2.45, 2.75) is 18.7 Å². The third-order valence-corrected chi connectivity index (χ3v) is 4.10. The lowest BCUT2D eigenvalue weighted by molar-refractivity contribution is 0.329. The highest BCUT2D eigenvalue weighted by Crippen LogP contribution is 2.15. The minimum atomic E-state index is -3.78. The van der Waals surface area contributed by atoms with Crippen molar-refractivity contribution in [3.63, 3.8) is 0 Å². The molecule has 0 bridgehead atoms. The summed E-state index contributed by atoms with van der Waals surface area (Å²) in [6, 6.07) is 15.6. The molecule has 4 nitrogen and oxygen atoms in total. The van der Waals surface area contributed by atoms with Crippen LogP contribution >= 0.6 is 0 Å². The first-order valence-corrected chi connectivity index (χ1v) is 8.07. The van der Waals surface area contributed by atoms with Crippen LogP contribution in [-0.4, -0.2) is 20.9 Å². The van der Waals surface area contributed by atoms with E-state index in [1.54, 1.807) is 43.3 Å². The second-order valence-corrected chi connectivity index (χ2v) is 6.09. The van der Waals surface area contributed by atoms with Gasteiger partial charge in [-0.3, -0.25) is 0 Å². The summed E-state index contributed by atoms with van der Waals surface area (Å²) < 4.78 is 33.9. The van der Waals surface area contributed by atoms with Crippen LogP contribution in [-0.2, 0) is 14.8 Å². The van der Waals surface area contributed by atoms with Gasteiger partial charge in [-0.1, -0.05) is 35.9 Å². The number of hydrogen-bond donors (Lipinski definition) is 0. The minimum absolute atomic E-state index is 0.110. The summed E-state index contributed by atoms with van der Waals surface area (Å²) in [7, 11) is -3.78. The molecule has 0 aliphatic heterocycles. The van der Waals surface area contributed by atoms with Gasteiger partial charge in [0.05, 0.1) is 11.5 Å². The summed E-state index contributed by atoms with van der Waals surface area (Å²) in [6.45, 7) is 4.03. The van der Waals surface area contributed by atoms with Gasteiger partial charge in [0.1, 0.15) is 0 Å². The maximum atomic E-state index is 12.3. The van der Waals surface area contributed by atoms with Crippen LogP contribution in [0.5, 0.6) is 0 Å². The molecular weight excluding hydrogens is 286 g/mol. The molecule has 0 fully saturated rings. The molecular formula is C16H17NO3S. The largest absolute Gasteiger partial charge is 0.477 e. The Bertz CT molecular complexity index is 720. The molecule has 21 heavy (non-hydrogen) atoms. The Morgan fingerprint density at radius 3 is 2.24 bits per heavy atom. The van der Waals surface area contributed by atoms with Crippen molar-refractivity contribution >= 4 is 15.9 Å². The Morgan fingerprint density at radius 1 is 1.05 bits per heavy atom. The zero-order valence-corrected chi connectivity index (χ0v) is 12.8. The van der Waals surface area contributed by atoms with Gasteiger partial charge < -0.3 is 4.74 Å². The van der Waals surface area contributed by atoms with Crippen molar-refractivity contribution in [1.29, 1.82) is 0 Å². The summed E-state index contributed by atoms with van der Waals surface area (Å²) in [5.74, 6) is 0.110. The van der Waals surface area contributed by atoms with Crippen LogP contribution in [0.15, 0.2) is 63.9 Å². The van der Waals surface area contributed by atoms with Crippen molar-refractivity contribution in [3.8, 4) is 0 Å².